The van der Waals surface area contributed by atoms with E-state index in [9.17, 15) is 9.59 Å². The normalized spacial score (nSPS) is 10.8. The van der Waals surface area contributed by atoms with Crippen molar-refractivity contribution in [1.82, 2.24) is 5.32 Å². The summed E-state index contributed by atoms with van der Waals surface area (Å²) >= 11 is 10.4. The van der Waals surface area contributed by atoms with Gasteiger partial charge in [0, 0.05) is 0 Å². The second-order valence-electron chi connectivity index (χ2n) is 2.20. The maximum Gasteiger partial charge on any atom is 0.320 e. The lowest BCUT2D eigenvalue weighted by atomic mass is 10.2. The van der Waals surface area contributed by atoms with E-state index in [0.717, 1.165) is 0 Å². The molecule has 0 bridgehead atoms. The Hall–Kier alpha value is -0.280. The minimum atomic E-state index is -1.09. The minimum absolute atomic E-state index is 0.603. The predicted octanol–water partition coefficient (Wildman–Crippen LogP) is 1.48. The van der Waals surface area contributed by atoms with Gasteiger partial charge in [-0.2, -0.15) is 0 Å². The van der Waals surface area contributed by atoms with Crippen LogP contribution in [0.5, 0.6) is 0 Å². The SMILES string of the molecule is CC(C)(Cl)C(=O)NC(=O)Cl. The first kappa shape index (κ1) is 9.72. The van der Waals surface area contributed by atoms with E-state index < -0.39 is 16.1 Å². The molecule has 0 aliphatic carbocycles. The summed E-state index contributed by atoms with van der Waals surface area (Å²) in [5.74, 6) is -0.603. The smallest absolute Gasteiger partial charge is 0.281 e. The molecule has 2 amide bonds. The summed E-state index contributed by atoms with van der Waals surface area (Å²) in [5.41, 5.74) is 0. The van der Waals surface area contributed by atoms with Crippen LogP contribution >= 0.6 is 23.2 Å². The number of hydrogen-bond acceptors (Lipinski definition) is 2. The molecule has 5 heteroatoms. The fourth-order valence-electron chi connectivity index (χ4n) is 0.238. The van der Waals surface area contributed by atoms with Crippen molar-refractivity contribution < 1.29 is 9.59 Å². The highest BCUT2D eigenvalue weighted by Gasteiger charge is 2.25. The van der Waals surface area contributed by atoms with Crippen LogP contribution in [0.2, 0.25) is 0 Å². The average molecular weight is 184 g/mol. The molecular weight excluding hydrogens is 177 g/mol. The molecule has 0 unspecified atom stereocenters. The first-order valence-corrected chi connectivity index (χ1v) is 3.29. The molecule has 0 rings (SSSR count). The third-order valence-corrected chi connectivity index (χ3v) is 1.02. The van der Waals surface area contributed by atoms with Gasteiger partial charge >= 0.3 is 5.37 Å². The molecule has 0 aromatic rings. The number of rotatable bonds is 1. The number of imide groups is 1. The van der Waals surface area contributed by atoms with Gasteiger partial charge in [0.1, 0.15) is 4.87 Å². The van der Waals surface area contributed by atoms with E-state index in [2.05, 4.69) is 0 Å². The molecule has 0 spiro atoms. The van der Waals surface area contributed by atoms with Crippen molar-refractivity contribution in [2.75, 3.05) is 0 Å². The van der Waals surface area contributed by atoms with Crippen molar-refractivity contribution in [2.45, 2.75) is 18.7 Å². The molecule has 0 saturated heterocycles. The molecule has 0 radical (unpaired) electrons. The fraction of sp³-hybridized carbons (Fsp3) is 0.600. The molecule has 0 aromatic heterocycles. The monoisotopic (exact) mass is 183 g/mol. The number of carbonyl (C=O) groups is 2. The zero-order valence-electron chi connectivity index (χ0n) is 5.57. The average Bonchev–Trinajstić information content (AvgIpc) is 1.60. The van der Waals surface area contributed by atoms with Crippen LogP contribution < -0.4 is 5.32 Å². The van der Waals surface area contributed by atoms with E-state index in [4.69, 9.17) is 23.2 Å². The van der Waals surface area contributed by atoms with Gasteiger partial charge in [0.05, 0.1) is 0 Å². The Morgan fingerprint density at radius 1 is 1.40 bits per heavy atom. The van der Waals surface area contributed by atoms with Gasteiger partial charge < -0.3 is 0 Å². The Kier molecular flexibility index (Phi) is 3.12. The number of halogens is 2. The number of hydrogen-bond donors (Lipinski definition) is 1. The number of amides is 2. The van der Waals surface area contributed by atoms with E-state index in [1.807, 2.05) is 5.32 Å². The zero-order valence-corrected chi connectivity index (χ0v) is 7.08. The Bertz CT molecular complexity index is 162. The van der Waals surface area contributed by atoms with Crippen molar-refractivity contribution in [3.8, 4) is 0 Å². The second kappa shape index (κ2) is 3.21. The van der Waals surface area contributed by atoms with Crippen molar-refractivity contribution in [3.63, 3.8) is 0 Å². The highest BCUT2D eigenvalue weighted by molar-refractivity contribution is 6.64. The van der Waals surface area contributed by atoms with E-state index in [0.29, 0.717) is 0 Å². The Morgan fingerprint density at radius 3 is 1.90 bits per heavy atom. The van der Waals surface area contributed by atoms with Crippen LogP contribution in [0.1, 0.15) is 13.8 Å². The molecule has 0 aliphatic rings. The van der Waals surface area contributed by atoms with Crippen LogP contribution in [0, 0.1) is 0 Å². The molecule has 0 atom stereocenters. The number of carbonyl (C=O) groups excluding carboxylic acids is 2. The number of alkyl halides is 1. The van der Waals surface area contributed by atoms with Gasteiger partial charge in [-0.25, -0.2) is 0 Å². The maximum atomic E-state index is 10.7. The molecule has 3 nitrogen and oxygen atoms in total. The molecule has 58 valence electrons. The summed E-state index contributed by atoms with van der Waals surface area (Å²) in [6.07, 6.45) is 0. The summed E-state index contributed by atoms with van der Waals surface area (Å²) in [6, 6.07) is 0. The van der Waals surface area contributed by atoms with E-state index in [1.54, 1.807) is 0 Å². The van der Waals surface area contributed by atoms with Crippen LogP contribution in [-0.2, 0) is 4.79 Å². The van der Waals surface area contributed by atoms with Crippen molar-refractivity contribution in [2.24, 2.45) is 0 Å². The summed E-state index contributed by atoms with van der Waals surface area (Å²) in [6.45, 7) is 2.92. The largest absolute Gasteiger partial charge is 0.320 e. The van der Waals surface area contributed by atoms with Gasteiger partial charge in [-0.1, -0.05) is 0 Å². The zero-order chi connectivity index (χ0) is 8.36. The van der Waals surface area contributed by atoms with Gasteiger partial charge in [-0.15, -0.1) is 11.6 Å². The maximum absolute atomic E-state index is 10.7. The molecule has 10 heavy (non-hydrogen) atoms. The van der Waals surface area contributed by atoms with Gasteiger partial charge in [0.15, 0.2) is 0 Å². The van der Waals surface area contributed by atoms with Crippen LogP contribution in [0.4, 0.5) is 4.79 Å². The topological polar surface area (TPSA) is 46.2 Å². The minimum Gasteiger partial charge on any atom is -0.281 e. The summed E-state index contributed by atoms with van der Waals surface area (Å²) in [5, 5.41) is 0.921. The summed E-state index contributed by atoms with van der Waals surface area (Å²) < 4.78 is 0. The number of nitrogens with one attached hydrogen (secondary N) is 1. The molecule has 1 N–H and O–H groups in total. The fourth-order valence-corrected chi connectivity index (χ4v) is 0.371. The standard InChI is InChI=1S/C5H7Cl2NO2/c1-5(2,7)3(9)8-4(6)10/h1-2H3,(H,8,9,10). The lowest BCUT2D eigenvalue weighted by molar-refractivity contribution is -0.121. The van der Waals surface area contributed by atoms with E-state index in [-0.39, 0.29) is 0 Å². The van der Waals surface area contributed by atoms with Crippen LogP contribution in [0.3, 0.4) is 0 Å². The highest BCUT2D eigenvalue weighted by atomic mass is 35.5. The van der Waals surface area contributed by atoms with E-state index >= 15 is 0 Å². The Balaban J connectivity index is 3.99. The van der Waals surface area contributed by atoms with Crippen molar-refractivity contribution >= 4 is 34.5 Å². The molecule has 0 fully saturated rings. The molecule has 0 aromatic carbocycles. The van der Waals surface area contributed by atoms with Gasteiger partial charge in [-0.05, 0) is 25.4 Å². The predicted molar refractivity (Wildman–Crippen MR) is 39.3 cm³/mol. The van der Waals surface area contributed by atoms with Crippen LogP contribution in [0.15, 0.2) is 0 Å². The van der Waals surface area contributed by atoms with E-state index in [1.165, 1.54) is 13.8 Å². The third kappa shape index (κ3) is 3.69. The Labute approximate surface area is 68.7 Å². The first-order chi connectivity index (χ1) is 4.34. The van der Waals surface area contributed by atoms with Crippen molar-refractivity contribution in [3.05, 3.63) is 0 Å². The third-order valence-electron chi connectivity index (χ3n) is 0.752. The molecule has 0 heterocycles. The van der Waals surface area contributed by atoms with Crippen LogP contribution in [0.25, 0.3) is 0 Å². The highest BCUT2D eigenvalue weighted by Crippen LogP contribution is 2.11. The van der Waals surface area contributed by atoms with Gasteiger partial charge in [0.2, 0.25) is 5.91 Å². The van der Waals surface area contributed by atoms with Crippen LogP contribution in [-0.4, -0.2) is 16.1 Å². The molecule has 0 aliphatic heterocycles. The quantitative estimate of drug-likeness (QED) is 0.381. The molecule has 0 saturated carbocycles. The van der Waals surface area contributed by atoms with Gasteiger partial charge in [0.25, 0.3) is 0 Å². The lowest BCUT2D eigenvalue weighted by Gasteiger charge is -2.12. The second-order valence-corrected chi connectivity index (χ2v) is 3.49. The Morgan fingerprint density at radius 2 is 1.80 bits per heavy atom. The summed E-state index contributed by atoms with van der Waals surface area (Å²) in [7, 11) is 0. The summed E-state index contributed by atoms with van der Waals surface area (Å²) in [4.78, 5) is 19.7. The lowest BCUT2D eigenvalue weighted by Crippen LogP contribution is -2.39. The molecular formula is C5H7Cl2NO2. The van der Waals surface area contributed by atoms with Gasteiger partial charge in [-0.3, -0.25) is 14.9 Å². The van der Waals surface area contributed by atoms with Crippen molar-refractivity contribution in [1.29, 1.82) is 0 Å². The first-order valence-electron chi connectivity index (χ1n) is 2.54.